The maximum atomic E-state index is 10.6. The number of hydrogen-bond acceptors (Lipinski definition) is 2. The summed E-state index contributed by atoms with van der Waals surface area (Å²) in [7, 11) is 1.76. The van der Waals surface area contributed by atoms with Crippen molar-refractivity contribution in [3.05, 3.63) is 29.3 Å². The van der Waals surface area contributed by atoms with Crippen molar-refractivity contribution in [2.45, 2.75) is 58.5 Å². The Bertz CT molecular complexity index is 610. The van der Waals surface area contributed by atoms with E-state index < -0.39 is 0 Å². The number of ether oxygens (including phenoxy) is 1. The number of aliphatic hydroxyl groups is 1. The zero-order chi connectivity index (χ0) is 16.4. The van der Waals surface area contributed by atoms with Crippen molar-refractivity contribution in [1.82, 2.24) is 0 Å². The van der Waals surface area contributed by atoms with Gasteiger partial charge in [-0.05, 0) is 83.9 Å². The summed E-state index contributed by atoms with van der Waals surface area (Å²) in [4.78, 5) is 0. The molecule has 0 aliphatic heterocycles. The SMILES string of the molecule is COc1ccc2c(c1)C[C@@H](C)C1C2[C@@H](C)C[C@]2(C)C(O)CCC12. The van der Waals surface area contributed by atoms with Crippen LogP contribution in [0.25, 0.3) is 0 Å². The van der Waals surface area contributed by atoms with Crippen molar-refractivity contribution in [2.75, 3.05) is 7.11 Å². The molecule has 1 N–H and O–H groups in total. The average molecular weight is 314 g/mol. The van der Waals surface area contributed by atoms with E-state index >= 15 is 0 Å². The van der Waals surface area contributed by atoms with Gasteiger partial charge >= 0.3 is 0 Å². The van der Waals surface area contributed by atoms with Gasteiger partial charge in [0.25, 0.3) is 0 Å². The van der Waals surface area contributed by atoms with E-state index in [0.717, 1.165) is 30.9 Å². The van der Waals surface area contributed by atoms with E-state index in [0.29, 0.717) is 23.7 Å². The average Bonchev–Trinajstić information content (AvgIpc) is 2.81. The van der Waals surface area contributed by atoms with E-state index in [4.69, 9.17) is 4.74 Å². The smallest absolute Gasteiger partial charge is 0.119 e. The minimum absolute atomic E-state index is 0.0969. The molecular weight excluding hydrogens is 284 g/mol. The summed E-state index contributed by atoms with van der Waals surface area (Å²) in [5.41, 5.74) is 3.19. The summed E-state index contributed by atoms with van der Waals surface area (Å²) in [6.07, 6.45) is 4.43. The van der Waals surface area contributed by atoms with Crippen molar-refractivity contribution in [3.8, 4) is 5.75 Å². The van der Waals surface area contributed by atoms with Gasteiger partial charge in [0.1, 0.15) is 5.75 Å². The second kappa shape index (κ2) is 5.24. The first-order chi connectivity index (χ1) is 11.0. The highest BCUT2D eigenvalue weighted by molar-refractivity contribution is 5.41. The molecule has 23 heavy (non-hydrogen) atoms. The van der Waals surface area contributed by atoms with E-state index in [-0.39, 0.29) is 11.5 Å². The molecule has 7 atom stereocenters. The van der Waals surface area contributed by atoms with Crippen LogP contribution in [0.5, 0.6) is 5.75 Å². The maximum Gasteiger partial charge on any atom is 0.119 e. The predicted octanol–water partition coefficient (Wildman–Crippen LogP) is 4.40. The zero-order valence-corrected chi connectivity index (χ0v) is 14.9. The maximum absolute atomic E-state index is 10.6. The van der Waals surface area contributed by atoms with Gasteiger partial charge in [0.15, 0.2) is 0 Å². The van der Waals surface area contributed by atoms with Crippen molar-refractivity contribution in [1.29, 1.82) is 0 Å². The molecule has 0 radical (unpaired) electrons. The fourth-order valence-corrected chi connectivity index (χ4v) is 6.57. The molecule has 1 aromatic carbocycles. The Morgan fingerprint density at radius 1 is 1.17 bits per heavy atom. The van der Waals surface area contributed by atoms with Gasteiger partial charge in [0.2, 0.25) is 0 Å². The molecule has 0 aromatic heterocycles. The van der Waals surface area contributed by atoms with E-state index in [2.05, 4.69) is 39.0 Å². The Labute approximate surface area is 140 Å². The molecule has 2 saturated carbocycles. The normalized spacial score (nSPS) is 45.1. The summed E-state index contributed by atoms with van der Waals surface area (Å²) in [6, 6.07) is 6.71. The summed E-state index contributed by atoms with van der Waals surface area (Å²) >= 11 is 0. The van der Waals surface area contributed by atoms with Crippen LogP contribution in [0.15, 0.2) is 18.2 Å². The molecule has 3 aliphatic rings. The van der Waals surface area contributed by atoms with Crippen molar-refractivity contribution in [2.24, 2.45) is 29.1 Å². The third-order valence-corrected chi connectivity index (χ3v) is 7.52. The van der Waals surface area contributed by atoms with Gasteiger partial charge in [0.05, 0.1) is 13.2 Å². The largest absolute Gasteiger partial charge is 0.497 e. The highest BCUT2D eigenvalue weighted by Crippen LogP contribution is 2.63. The molecule has 4 unspecified atom stereocenters. The van der Waals surface area contributed by atoms with E-state index in [1.54, 1.807) is 12.7 Å². The van der Waals surface area contributed by atoms with Gasteiger partial charge < -0.3 is 9.84 Å². The lowest BCUT2D eigenvalue weighted by atomic mass is 9.50. The first-order valence-corrected chi connectivity index (χ1v) is 9.30. The summed E-state index contributed by atoms with van der Waals surface area (Å²) in [6.45, 7) is 7.21. The molecule has 2 nitrogen and oxygen atoms in total. The van der Waals surface area contributed by atoms with Crippen LogP contribution in [0.4, 0.5) is 0 Å². The second-order valence-corrected chi connectivity index (χ2v) is 8.74. The van der Waals surface area contributed by atoms with Crippen LogP contribution >= 0.6 is 0 Å². The minimum Gasteiger partial charge on any atom is -0.497 e. The van der Waals surface area contributed by atoms with Crippen LogP contribution in [-0.2, 0) is 6.42 Å². The predicted molar refractivity (Wildman–Crippen MR) is 92.7 cm³/mol. The fraction of sp³-hybridized carbons (Fsp3) is 0.714. The molecule has 126 valence electrons. The van der Waals surface area contributed by atoms with Gasteiger partial charge in [-0.3, -0.25) is 0 Å². The third kappa shape index (κ3) is 2.10. The van der Waals surface area contributed by atoms with Crippen molar-refractivity contribution < 1.29 is 9.84 Å². The van der Waals surface area contributed by atoms with Gasteiger partial charge in [-0.25, -0.2) is 0 Å². The van der Waals surface area contributed by atoms with E-state index in [1.165, 1.54) is 12.0 Å². The Morgan fingerprint density at radius 3 is 2.70 bits per heavy atom. The lowest BCUT2D eigenvalue weighted by molar-refractivity contribution is -0.0574. The molecule has 0 heterocycles. The molecular formula is C21H30O2. The van der Waals surface area contributed by atoms with Crippen molar-refractivity contribution in [3.63, 3.8) is 0 Å². The van der Waals surface area contributed by atoms with Crippen LogP contribution in [0.3, 0.4) is 0 Å². The summed E-state index contributed by atoms with van der Waals surface area (Å²) < 4.78 is 5.44. The Balaban J connectivity index is 1.78. The molecule has 4 rings (SSSR count). The zero-order valence-electron chi connectivity index (χ0n) is 14.9. The van der Waals surface area contributed by atoms with E-state index in [1.807, 2.05) is 0 Å². The van der Waals surface area contributed by atoms with E-state index in [9.17, 15) is 5.11 Å². The first kappa shape index (κ1) is 15.5. The van der Waals surface area contributed by atoms with Gasteiger partial charge in [-0.15, -0.1) is 0 Å². The number of benzene rings is 1. The Kier molecular flexibility index (Phi) is 3.53. The summed E-state index contributed by atoms with van der Waals surface area (Å²) in [5.74, 6) is 4.38. The molecule has 1 aromatic rings. The molecule has 3 aliphatic carbocycles. The first-order valence-electron chi connectivity index (χ1n) is 9.30. The van der Waals surface area contributed by atoms with Crippen LogP contribution in [0, 0.1) is 29.1 Å². The van der Waals surface area contributed by atoms with Crippen LogP contribution in [-0.4, -0.2) is 18.3 Å². The summed E-state index contributed by atoms with van der Waals surface area (Å²) in [5, 5.41) is 10.6. The standard InChI is InChI=1S/C21H30O2/c1-12-9-14-10-15(23-4)5-6-16(14)19-13(2)11-21(3)17(20(12)19)7-8-18(21)22/h5-6,10,12-13,17-20,22H,7-9,11H2,1-4H3/t12-,13+,17?,18?,19?,20?,21+/m1/s1. The number of methoxy groups -OCH3 is 1. The van der Waals surface area contributed by atoms with Crippen LogP contribution in [0.1, 0.15) is 57.1 Å². The number of hydrogen-bond donors (Lipinski definition) is 1. The molecule has 0 saturated heterocycles. The van der Waals surface area contributed by atoms with Crippen molar-refractivity contribution >= 4 is 0 Å². The molecule has 2 heteroatoms. The van der Waals surface area contributed by atoms with Crippen LogP contribution in [0.2, 0.25) is 0 Å². The van der Waals surface area contributed by atoms with Gasteiger partial charge in [-0.2, -0.15) is 0 Å². The molecule has 0 spiro atoms. The lowest BCUT2D eigenvalue weighted by Crippen LogP contribution is -2.49. The fourth-order valence-electron chi connectivity index (χ4n) is 6.57. The Hall–Kier alpha value is -1.02. The highest BCUT2D eigenvalue weighted by atomic mass is 16.5. The molecule has 0 amide bonds. The van der Waals surface area contributed by atoms with Crippen LogP contribution < -0.4 is 4.74 Å². The lowest BCUT2D eigenvalue weighted by Gasteiger charge is -2.55. The second-order valence-electron chi connectivity index (χ2n) is 8.74. The topological polar surface area (TPSA) is 29.5 Å². The Morgan fingerprint density at radius 2 is 1.96 bits per heavy atom. The van der Waals surface area contributed by atoms with Gasteiger partial charge in [-0.1, -0.05) is 26.8 Å². The number of fused-ring (bicyclic) bond motifs is 5. The molecule has 0 bridgehead atoms. The monoisotopic (exact) mass is 314 g/mol. The molecule has 2 fully saturated rings. The minimum atomic E-state index is -0.0969. The number of aliphatic hydroxyl groups excluding tert-OH is 1. The van der Waals surface area contributed by atoms with Gasteiger partial charge in [0, 0.05) is 0 Å². The quantitative estimate of drug-likeness (QED) is 0.832. The number of rotatable bonds is 1. The highest BCUT2D eigenvalue weighted by Gasteiger charge is 2.58. The third-order valence-electron chi connectivity index (χ3n) is 7.52.